The van der Waals surface area contributed by atoms with Crippen LogP contribution in [0.4, 0.5) is 5.69 Å². The largest absolute Gasteiger partial charge is 0.338 e. The fourth-order valence-corrected chi connectivity index (χ4v) is 3.13. The van der Waals surface area contributed by atoms with Gasteiger partial charge in [-0.3, -0.25) is 20.0 Å². The predicted octanol–water partition coefficient (Wildman–Crippen LogP) is 3.77. The van der Waals surface area contributed by atoms with Gasteiger partial charge in [-0.25, -0.2) is 0 Å². The van der Waals surface area contributed by atoms with Crippen molar-refractivity contribution < 1.29 is 9.45 Å². The molecule has 8 nitrogen and oxygen atoms in total. The van der Waals surface area contributed by atoms with Crippen LogP contribution in [0.2, 0.25) is 0 Å². The van der Waals surface area contributed by atoms with E-state index in [1.54, 1.807) is 18.3 Å². The number of non-ortho nitro benzene ring substituents is 1. The normalized spacial score (nSPS) is 15.0. The van der Waals surface area contributed by atoms with Crippen molar-refractivity contribution in [3.05, 3.63) is 70.4 Å². The van der Waals surface area contributed by atoms with E-state index in [4.69, 9.17) is 4.52 Å². The molecular weight excluding hydrogens is 346 g/mol. The van der Waals surface area contributed by atoms with Gasteiger partial charge < -0.3 is 4.52 Å². The maximum absolute atomic E-state index is 11.0. The Hall–Kier alpha value is -3.13. The molecule has 2 heterocycles. The van der Waals surface area contributed by atoms with E-state index in [1.165, 1.54) is 12.1 Å². The van der Waals surface area contributed by atoms with Crippen LogP contribution in [0.15, 0.2) is 53.2 Å². The van der Waals surface area contributed by atoms with Crippen LogP contribution in [0.1, 0.15) is 37.4 Å². The lowest BCUT2D eigenvalue weighted by atomic mass is 10.1. The Balaban J connectivity index is 1.54. The second-order valence-corrected chi connectivity index (χ2v) is 6.65. The van der Waals surface area contributed by atoms with E-state index >= 15 is 0 Å². The van der Waals surface area contributed by atoms with Crippen LogP contribution >= 0.6 is 0 Å². The number of hydrogen-bond acceptors (Lipinski definition) is 7. The summed E-state index contributed by atoms with van der Waals surface area (Å²) in [6.07, 6.45) is 4.08. The minimum atomic E-state index is -0.437. The zero-order valence-corrected chi connectivity index (χ0v) is 14.9. The molecule has 1 aliphatic rings. The van der Waals surface area contributed by atoms with Crippen molar-refractivity contribution in [2.24, 2.45) is 0 Å². The fourth-order valence-electron chi connectivity index (χ4n) is 3.13. The summed E-state index contributed by atoms with van der Waals surface area (Å²) in [6, 6.07) is 12.7. The van der Waals surface area contributed by atoms with E-state index in [0.29, 0.717) is 29.9 Å². The Morgan fingerprint density at radius 2 is 2.15 bits per heavy atom. The molecule has 2 aromatic heterocycles. The molecule has 1 atom stereocenters. The Bertz CT molecular complexity index is 939. The van der Waals surface area contributed by atoms with Crippen molar-refractivity contribution in [3.63, 3.8) is 0 Å². The summed E-state index contributed by atoms with van der Waals surface area (Å²) in [5.41, 5.74) is 1.57. The molecule has 1 aliphatic carbocycles. The number of benzene rings is 1. The van der Waals surface area contributed by atoms with E-state index in [0.717, 1.165) is 18.5 Å². The zero-order chi connectivity index (χ0) is 18.8. The topological polar surface area (TPSA) is 98.2 Å². The summed E-state index contributed by atoms with van der Waals surface area (Å²) < 4.78 is 5.42. The van der Waals surface area contributed by atoms with Crippen LogP contribution in [0.3, 0.4) is 0 Å². The van der Waals surface area contributed by atoms with Gasteiger partial charge in [-0.15, -0.1) is 0 Å². The highest BCUT2D eigenvalue weighted by atomic mass is 16.6. The second kappa shape index (κ2) is 7.24. The van der Waals surface area contributed by atoms with E-state index in [2.05, 4.69) is 26.9 Å². The number of hydrogen-bond donors (Lipinski definition) is 0. The molecule has 0 amide bonds. The van der Waals surface area contributed by atoms with Gasteiger partial charge in [-0.05, 0) is 31.9 Å². The smallest absolute Gasteiger partial charge is 0.270 e. The molecule has 8 heteroatoms. The van der Waals surface area contributed by atoms with E-state index in [-0.39, 0.29) is 11.7 Å². The van der Waals surface area contributed by atoms with Crippen molar-refractivity contribution in [2.75, 3.05) is 0 Å². The van der Waals surface area contributed by atoms with Crippen molar-refractivity contribution in [1.29, 1.82) is 0 Å². The van der Waals surface area contributed by atoms with Crippen molar-refractivity contribution in [1.82, 2.24) is 20.0 Å². The van der Waals surface area contributed by atoms with Gasteiger partial charge in [-0.1, -0.05) is 23.4 Å². The number of aromatic nitrogens is 3. The standard InChI is InChI=1S/C19H19N5O3/c1-13(17-7-2-3-10-20-17)23(15-8-9-15)12-18-21-19(22-27-18)14-5-4-6-16(11-14)24(25)26/h2-7,10-11,13,15H,8-9,12H2,1H3/t13-/m1/s1. The number of nitro groups is 1. The Kier molecular flexibility index (Phi) is 4.64. The minimum absolute atomic E-state index is 0.00207. The first-order chi connectivity index (χ1) is 13.1. The van der Waals surface area contributed by atoms with Crippen LogP contribution in [0.5, 0.6) is 0 Å². The molecule has 0 saturated heterocycles. The molecule has 0 unspecified atom stereocenters. The summed E-state index contributed by atoms with van der Waals surface area (Å²) >= 11 is 0. The first kappa shape index (κ1) is 17.3. The molecule has 0 aliphatic heterocycles. The Morgan fingerprint density at radius 3 is 2.85 bits per heavy atom. The van der Waals surface area contributed by atoms with Gasteiger partial charge in [0.05, 0.1) is 23.2 Å². The summed E-state index contributed by atoms with van der Waals surface area (Å²) in [6.45, 7) is 2.64. The van der Waals surface area contributed by atoms with Crippen LogP contribution in [-0.2, 0) is 6.54 Å². The lowest BCUT2D eigenvalue weighted by Crippen LogP contribution is -2.29. The first-order valence-corrected chi connectivity index (χ1v) is 8.86. The first-order valence-electron chi connectivity index (χ1n) is 8.86. The third kappa shape index (κ3) is 3.85. The SMILES string of the molecule is C[C@H](c1ccccn1)N(Cc1nc(-c2cccc([N+](=O)[O-])c2)no1)C1CC1. The Labute approximate surface area is 156 Å². The highest BCUT2D eigenvalue weighted by molar-refractivity contribution is 5.58. The monoisotopic (exact) mass is 365 g/mol. The van der Waals surface area contributed by atoms with E-state index < -0.39 is 4.92 Å². The molecule has 138 valence electrons. The average Bonchev–Trinajstić information content (AvgIpc) is 3.44. The maximum Gasteiger partial charge on any atom is 0.270 e. The summed E-state index contributed by atoms with van der Waals surface area (Å²) in [4.78, 5) is 21.7. The third-order valence-corrected chi connectivity index (χ3v) is 4.73. The minimum Gasteiger partial charge on any atom is -0.338 e. The number of pyridine rings is 1. The van der Waals surface area contributed by atoms with Gasteiger partial charge >= 0.3 is 0 Å². The number of rotatable bonds is 7. The second-order valence-electron chi connectivity index (χ2n) is 6.65. The highest BCUT2D eigenvalue weighted by Crippen LogP contribution is 2.35. The summed E-state index contributed by atoms with van der Waals surface area (Å²) in [5.74, 6) is 0.848. The molecule has 27 heavy (non-hydrogen) atoms. The average molecular weight is 365 g/mol. The van der Waals surface area contributed by atoms with Crippen LogP contribution in [-0.4, -0.2) is 31.0 Å². The molecular formula is C19H19N5O3. The van der Waals surface area contributed by atoms with Gasteiger partial charge in [0.1, 0.15) is 0 Å². The van der Waals surface area contributed by atoms with Gasteiger partial charge in [0.2, 0.25) is 11.7 Å². The Morgan fingerprint density at radius 1 is 1.30 bits per heavy atom. The number of nitrogens with zero attached hydrogens (tertiary/aromatic N) is 5. The molecule has 0 radical (unpaired) electrons. The van der Waals surface area contributed by atoms with E-state index in [9.17, 15) is 10.1 Å². The molecule has 1 aromatic carbocycles. The van der Waals surface area contributed by atoms with Gasteiger partial charge in [0, 0.05) is 29.9 Å². The van der Waals surface area contributed by atoms with Crippen LogP contribution in [0.25, 0.3) is 11.4 Å². The lowest BCUT2D eigenvalue weighted by molar-refractivity contribution is -0.384. The highest BCUT2D eigenvalue weighted by Gasteiger charge is 2.34. The van der Waals surface area contributed by atoms with Gasteiger partial charge in [-0.2, -0.15) is 4.98 Å². The lowest BCUT2D eigenvalue weighted by Gasteiger charge is -2.27. The molecule has 3 aromatic rings. The quantitative estimate of drug-likeness (QED) is 0.464. The predicted molar refractivity (Wildman–Crippen MR) is 97.6 cm³/mol. The molecule has 0 N–H and O–H groups in total. The van der Waals surface area contributed by atoms with Crippen LogP contribution < -0.4 is 0 Å². The zero-order valence-electron chi connectivity index (χ0n) is 14.9. The van der Waals surface area contributed by atoms with Gasteiger partial charge in [0.25, 0.3) is 5.69 Å². The van der Waals surface area contributed by atoms with Crippen molar-refractivity contribution >= 4 is 5.69 Å². The molecule has 1 saturated carbocycles. The van der Waals surface area contributed by atoms with Crippen molar-refractivity contribution in [3.8, 4) is 11.4 Å². The summed E-state index contributed by atoms with van der Waals surface area (Å²) in [7, 11) is 0. The van der Waals surface area contributed by atoms with Gasteiger partial charge in [0.15, 0.2) is 0 Å². The fraction of sp³-hybridized carbons (Fsp3) is 0.316. The molecule has 0 spiro atoms. The molecule has 1 fully saturated rings. The summed E-state index contributed by atoms with van der Waals surface area (Å²) in [5, 5.41) is 15.0. The van der Waals surface area contributed by atoms with E-state index in [1.807, 2.05) is 18.2 Å². The number of nitro benzene ring substituents is 1. The van der Waals surface area contributed by atoms with Crippen molar-refractivity contribution in [2.45, 2.75) is 38.4 Å². The molecule has 0 bridgehead atoms. The molecule has 4 rings (SSSR count). The maximum atomic E-state index is 11.0. The third-order valence-electron chi connectivity index (χ3n) is 4.73. The van der Waals surface area contributed by atoms with Crippen LogP contribution in [0, 0.1) is 10.1 Å².